The van der Waals surface area contributed by atoms with Crippen LogP contribution < -0.4 is 30.3 Å². The molecule has 4 rings (SSSR count). The molecule has 180 valence electrons. The molecule has 0 saturated carbocycles. The van der Waals surface area contributed by atoms with Crippen LogP contribution in [0.5, 0.6) is 5.75 Å². The minimum atomic E-state index is 0.289. The number of aromatic nitrogens is 2. The van der Waals surface area contributed by atoms with Crippen LogP contribution in [-0.4, -0.2) is 49.5 Å². The number of piperidine rings is 1. The van der Waals surface area contributed by atoms with Gasteiger partial charge in [0.2, 0.25) is 5.95 Å². The molecule has 1 saturated heterocycles. The fourth-order valence-electron chi connectivity index (χ4n) is 3.85. The Bertz CT molecular complexity index is 1120. The van der Waals surface area contributed by atoms with E-state index in [4.69, 9.17) is 22.1 Å². The van der Waals surface area contributed by atoms with Gasteiger partial charge in [-0.15, -0.1) is 0 Å². The van der Waals surface area contributed by atoms with Crippen LogP contribution in [0.2, 0.25) is 5.02 Å². The van der Waals surface area contributed by atoms with Gasteiger partial charge < -0.3 is 30.3 Å². The molecule has 1 aliphatic heterocycles. The van der Waals surface area contributed by atoms with Gasteiger partial charge in [-0.25, -0.2) is 4.98 Å². The van der Waals surface area contributed by atoms with Gasteiger partial charge in [-0.05, 0) is 37.1 Å². The van der Waals surface area contributed by atoms with E-state index in [0.717, 1.165) is 48.7 Å². The molecule has 3 aromatic rings. The van der Waals surface area contributed by atoms with E-state index in [0.29, 0.717) is 22.5 Å². The third-order valence-electron chi connectivity index (χ3n) is 5.85. The van der Waals surface area contributed by atoms with E-state index in [1.807, 2.05) is 49.7 Å². The van der Waals surface area contributed by atoms with Gasteiger partial charge in [0.05, 0.1) is 30.4 Å². The molecule has 8 nitrogen and oxygen atoms in total. The number of nitrogens with zero attached hydrogens (tertiary/aromatic N) is 4. The summed E-state index contributed by atoms with van der Waals surface area (Å²) in [6, 6.07) is 14.4. The molecule has 2 aromatic carbocycles. The number of nitrogens with one attached hydrogen (secondary N) is 2. The summed E-state index contributed by atoms with van der Waals surface area (Å²) in [6.07, 6.45) is 5.59. The number of methoxy groups -OCH3 is 1. The molecule has 0 bridgehead atoms. The summed E-state index contributed by atoms with van der Waals surface area (Å²) in [4.78, 5) is 11.3. The number of anilines is 6. The summed E-state index contributed by atoms with van der Waals surface area (Å²) < 4.78 is 7.72. The lowest BCUT2D eigenvalue weighted by atomic mass is 10.1. The second-order valence-electron chi connectivity index (χ2n) is 8.05. The summed E-state index contributed by atoms with van der Waals surface area (Å²) in [5.74, 6) is 1.64. The highest BCUT2D eigenvalue weighted by Gasteiger charge is 2.18. The van der Waals surface area contributed by atoms with Crippen LogP contribution in [0.1, 0.15) is 12.8 Å². The maximum absolute atomic E-state index is 6.42. The van der Waals surface area contributed by atoms with Crippen molar-refractivity contribution in [2.24, 2.45) is 5.73 Å². The topological polar surface area (TPSA) is 91.6 Å². The van der Waals surface area contributed by atoms with Crippen molar-refractivity contribution in [3.05, 3.63) is 53.7 Å². The summed E-state index contributed by atoms with van der Waals surface area (Å²) in [5.41, 5.74) is 9.86. The molecular weight excluding hydrogens is 470 g/mol. The van der Waals surface area contributed by atoms with E-state index < -0.39 is 0 Å². The number of halogens is 1. The molecule has 0 atom stereocenters. The molecule has 0 amide bonds. The lowest BCUT2D eigenvalue weighted by molar-refractivity contribution is 0.416. The average molecular weight is 500 g/mol. The summed E-state index contributed by atoms with van der Waals surface area (Å²) >= 11 is 8.04. The number of rotatable bonds is 8. The zero-order valence-electron chi connectivity index (χ0n) is 19.6. The Kier molecular flexibility index (Phi) is 7.87. The van der Waals surface area contributed by atoms with Crippen molar-refractivity contribution >= 4 is 58.1 Å². The predicted molar refractivity (Wildman–Crippen MR) is 144 cm³/mol. The summed E-state index contributed by atoms with van der Waals surface area (Å²) in [7, 11) is 3.67. The maximum atomic E-state index is 6.42. The number of nitrogens with two attached hydrogens (primary N) is 1. The van der Waals surface area contributed by atoms with Gasteiger partial charge >= 0.3 is 0 Å². The van der Waals surface area contributed by atoms with Crippen molar-refractivity contribution in [1.29, 1.82) is 0 Å². The number of para-hydroxylation sites is 2. The predicted octanol–water partition coefficient (Wildman–Crippen LogP) is 5.27. The smallest absolute Gasteiger partial charge is 0.229 e. The van der Waals surface area contributed by atoms with Crippen LogP contribution in [0.4, 0.5) is 34.5 Å². The fourth-order valence-corrected chi connectivity index (χ4v) is 4.35. The van der Waals surface area contributed by atoms with Crippen molar-refractivity contribution < 1.29 is 4.74 Å². The Morgan fingerprint density at radius 3 is 2.65 bits per heavy atom. The third-order valence-corrected chi connectivity index (χ3v) is 6.87. The number of hydrogen-bond donors (Lipinski definition) is 3. The maximum Gasteiger partial charge on any atom is 0.229 e. The largest absolute Gasteiger partial charge is 0.494 e. The normalized spacial score (nSPS) is 14.1. The number of ether oxygens (including phenoxy) is 1. The Hall–Kier alpha value is -2.88. The van der Waals surface area contributed by atoms with Gasteiger partial charge in [-0.3, -0.25) is 0 Å². The molecule has 0 spiro atoms. The molecule has 4 N–H and O–H groups in total. The van der Waals surface area contributed by atoms with Crippen LogP contribution in [0, 0.1) is 0 Å². The van der Waals surface area contributed by atoms with Crippen molar-refractivity contribution in [2.45, 2.75) is 18.9 Å². The van der Waals surface area contributed by atoms with E-state index >= 15 is 0 Å². The lowest BCUT2D eigenvalue weighted by Crippen LogP contribution is -2.39. The minimum absolute atomic E-state index is 0.289. The van der Waals surface area contributed by atoms with Crippen molar-refractivity contribution in [3.63, 3.8) is 0 Å². The number of benzene rings is 2. The first kappa shape index (κ1) is 24.3. The first-order valence-electron chi connectivity index (χ1n) is 11.1. The standard InChI is InChI=1S/C24H30ClN7OS/c1-31(34-3)21-7-5-4-6-19(21)28-23-18(25)15-27-24(30-23)29-20-9-8-17(14-22(20)33-2)32-12-10-16(26)11-13-32/h4-9,14-16H,10-13,26H2,1-3H3,(H2,27,28,29,30). The van der Waals surface area contributed by atoms with Gasteiger partial charge in [0, 0.05) is 44.2 Å². The second kappa shape index (κ2) is 11.0. The molecule has 34 heavy (non-hydrogen) atoms. The molecule has 1 aliphatic rings. The Morgan fingerprint density at radius 2 is 1.91 bits per heavy atom. The van der Waals surface area contributed by atoms with Crippen molar-refractivity contribution in [1.82, 2.24) is 9.97 Å². The fraction of sp³-hybridized carbons (Fsp3) is 0.333. The van der Waals surface area contributed by atoms with E-state index in [9.17, 15) is 0 Å². The van der Waals surface area contributed by atoms with Crippen LogP contribution in [0.15, 0.2) is 48.7 Å². The minimum Gasteiger partial charge on any atom is -0.494 e. The quantitative estimate of drug-likeness (QED) is 0.358. The Labute approximate surface area is 210 Å². The van der Waals surface area contributed by atoms with Gasteiger partial charge in [0.25, 0.3) is 0 Å². The molecule has 0 aliphatic carbocycles. The van der Waals surface area contributed by atoms with Crippen LogP contribution in [0.25, 0.3) is 0 Å². The Morgan fingerprint density at radius 1 is 1.15 bits per heavy atom. The molecular formula is C24H30ClN7OS. The second-order valence-corrected chi connectivity index (χ2v) is 9.37. The van der Waals surface area contributed by atoms with E-state index in [1.165, 1.54) is 0 Å². The summed E-state index contributed by atoms with van der Waals surface area (Å²) in [6.45, 7) is 1.89. The van der Waals surface area contributed by atoms with Gasteiger partial charge in [-0.2, -0.15) is 4.98 Å². The molecule has 10 heteroatoms. The van der Waals surface area contributed by atoms with Crippen LogP contribution >= 0.6 is 23.5 Å². The molecule has 1 aromatic heterocycles. The Balaban J connectivity index is 1.55. The van der Waals surface area contributed by atoms with E-state index in [1.54, 1.807) is 25.3 Å². The highest BCUT2D eigenvalue weighted by molar-refractivity contribution is 7.99. The first-order valence-corrected chi connectivity index (χ1v) is 12.7. The van der Waals surface area contributed by atoms with Crippen LogP contribution in [-0.2, 0) is 0 Å². The third kappa shape index (κ3) is 5.60. The summed E-state index contributed by atoms with van der Waals surface area (Å²) in [5, 5.41) is 7.03. The van der Waals surface area contributed by atoms with Crippen LogP contribution in [0.3, 0.4) is 0 Å². The lowest BCUT2D eigenvalue weighted by Gasteiger charge is -2.32. The number of hydrogen-bond acceptors (Lipinski definition) is 9. The monoisotopic (exact) mass is 499 g/mol. The van der Waals surface area contributed by atoms with Gasteiger partial charge in [-0.1, -0.05) is 35.7 Å². The van der Waals surface area contributed by atoms with E-state index in [-0.39, 0.29) is 6.04 Å². The zero-order valence-corrected chi connectivity index (χ0v) is 21.2. The highest BCUT2D eigenvalue weighted by atomic mass is 35.5. The molecule has 1 fully saturated rings. The van der Waals surface area contributed by atoms with Gasteiger partial charge in [0.15, 0.2) is 5.82 Å². The van der Waals surface area contributed by atoms with Crippen molar-refractivity contribution in [2.75, 3.05) is 53.3 Å². The zero-order chi connectivity index (χ0) is 24.1. The molecule has 2 heterocycles. The van der Waals surface area contributed by atoms with Gasteiger partial charge in [0.1, 0.15) is 10.8 Å². The highest BCUT2D eigenvalue weighted by Crippen LogP contribution is 2.35. The SMILES string of the molecule is COc1cc(N2CCC(N)CC2)ccc1Nc1ncc(Cl)c(Nc2ccccc2N(C)SC)n1. The average Bonchev–Trinajstić information content (AvgIpc) is 2.86. The van der Waals surface area contributed by atoms with E-state index in [2.05, 4.69) is 35.9 Å². The first-order chi connectivity index (χ1) is 16.5. The van der Waals surface area contributed by atoms with Crippen molar-refractivity contribution in [3.8, 4) is 5.75 Å². The molecule has 0 radical (unpaired) electrons. The molecule has 0 unspecified atom stereocenters.